The zero-order chi connectivity index (χ0) is 15.5. The summed E-state index contributed by atoms with van der Waals surface area (Å²) in [7, 11) is 1.26. The van der Waals surface area contributed by atoms with E-state index in [1.165, 1.54) is 26.6 Å². The van der Waals surface area contributed by atoms with Crippen LogP contribution in [0.15, 0.2) is 12.4 Å². The first-order valence-corrected chi connectivity index (χ1v) is 6.59. The maximum atomic E-state index is 11.8. The smallest absolute Gasteiger partial charge is 0.467 e. The zero-order valence-electron chi connectivity index (χ0n) is 12.0. The van der Waals surface area contributed by atoms with Crippen molar-refractivity contribution in [2.75, 3.05) is 32.2 Å². The van der Waals surface area contributed by atoms with E-state index in [1.807, 2.05) is 4.90 Å². The fourth-order valence-corrected chi connectivity index (χ4v) is 2.37. The summed E-state index contributed by atoms with van der Waals surface area (Å²) in [5.41, 5.74) is -0.677. The number of ether oxygens (including phenoxy) is 2. The lowest BCUT2D eigenvalue weighted by molar-refractivity contribution is -0.168. The van der Waals surface area contributed by atoms with Crippen LogP contribution < -0.4 is 10.4 Å². The molecule has 0 unspecified atom stereocenters. The third kappa shape index (κ3) is 3.15. The molecule has 0 aromatic carbocycles. The molecular weight excluding hydrogens is 277 g/mol. The molecule has 114 valence electrons. The van der Waals surface area contributed by atoms with E-state index in [0.717, 1.165) is 0 Å². The lowest BCUT2D eigenvalue weighted by Gasteiger charge is -2.38. The molecule has 0 radical (unpaired) electrons. The van der Waals surface area contributed by atoms with E-state index in [1.54, 1.807) is 0 Å². The van der Waals surface area contributed by atoms with Crippen molar-refractivity contribution in [2.24, 2.45) is 0 Å². The van der Waals surface area contributed by atoms with Crippen molar-refractivity contribution in [1.82, 2.24) is 9.97 Å². The average Bonchev–Trinajstić information content (AvgIpc) is 2.54. The summed E-state index contributed by atoms with van der Waals surface area (Å²) in [4.78, 5) is 21.9. The molecule has 1 fully saturated rings. The molecule has 1 aromatic heterocycles. The van der Waals surface area contributed by atoms with Crippen molar-refractivity contribution < 1.29 is 24.3 Å². The number of carbonyl (C=O) groups is 1. The molecule has 2 heterocycles. The molecule has 9 heteroatoms. The number of methoxy groups -OCH3 is 2. The number of anilines is 1. The van der Waals surface area contributed by atoms with Crippen LogP contribution in [0.4, 0.5) is 5.95 Å². The number of piperidine rings is 1. The number of nitrogens with zero attached hydrogens (tertiary/aromatic N) is 3. The molecule has 0 saturated carbocycles. The van der Waals surface area contributed by atoms with E-state index in [9.17, 15) is 4.79 Å². The molecule has 2 rings (SSSR count). The van der Waals surface area contributed by atoms with Crippen LogP contribution in [0.5, 0.6) is 0 Å². The summed E-state index contributed by atoms with van der Waals surface area (Å²) in [6.07, 6.45) is 3.69. The largest absolute Gasteiger partial charge is 0.491 e. The topological polar surface area (TPSA) is 105 Å². The molecule has 0 amide bonds. The summed E-state index contributed by atoms with van der Waals surface area (Å²) < 4.78 is 10.2. The highest BCUT2D eigenvalue weighted by atomic mass is 16.6. The predicted octanol–water partition coefficient (Wildman–Crippen LogP) is -1.69. The molecular formula is C12H18BN3O5. The van der Waals surface area contributed by atoms with E-state index in [-0.39, 0.29) is 11.4 Å². The van der Waals surface area contributed by atoms with Gasteiger partial charge in [0.25, 0.3) is 0 Å². The predicted molar refractivity (Wildman–Crippen MR) is 75.1 cm³/mol. The van der Waals surface area contributed by atoms with Crippen LogP contribution in [0.2, 0.25) is 0 Å². The summed E-state index contributed by atoms with van der Waals surface area (Å²) in [5, 5.41) is 18.0. The Morgan fingerprint density at radius 2 is 1.86 bits per heavy atom. The Bertz CT molecular complexity index is 488. The second kappa shape index (κ2) is 6.38. The van der Waals surface area contributed by atoms with E-state index >= 15 is 0 Å². The number of rotatable bonds is 4. The Balaban J connectivity index is 2.05. The fraction of sp³-hybridized carbons (Fsp3) is 0.583. The van der Waals surface area contributed by atoms with Crippen LogP contribution in [-0.4, -0.2) is 66.0 Å². The molecule has 21 heavy (non-hydrogen) atoms. The maximum absolute atomic E-state index is 11.8. The van der Waals surface area contributed by atoms with Crippen molar-refractivity contribution in [1.29, 1.82) is 0 Å². The highest BCUT2D eigenvalue weighted by Gasteiger charge is 2.43. The van der Waals surface area contributed by atoms with Gasteiger partial charge < -0.3 is 24.4 Å². The van der Waals surface area contributed by atoms with Crippen LogP contribution in [0.25, 0.3) is 0 Å². The van der Waals surface area contributed by atoms with Gasteiger partial charge in [0.2, 0.25) is 5.95 Å². The molecule has 2 N–H and O–H groups in total. The van der Waals surface area contributed by atoms with Crippen LogP contribution in [-0.2, 0) is 14.3 Å². The molecule has 0 bridgehead atoms. The first kappa shape index (κ1) is 15.7. The van der Waals surface area contributed by atoms with Gasteiger partial charge in [-0.15, -0.1) is 0 Å². The first-order chi connectivity index (χ1) is 10.0. The van der Waals surface area contributed by atoms with Crippen molar-refractivity contribution in [2.45, 2.75) is 18.4 Å². The standard InChI is InChI=1S/C12H18BN3O5/c1-20-10(17)12(21-2)3-5-16(6-4-12)11-14-7-9(8-15-11)13(18)19/h7-8,18-19H,3-6H2,1-2H3. The van der Waals surface area contributed by atoms with Crippen LogP contribution in [0, 0.1) is 0 Å². The molecule has 0 spiro atoms. The third-order valence-electron chi connectivity index (χ3n) is 3.76. The molecule has 8 nitrogen and oxygen atoms in total. The van der Waals surface area contributed by atoms with E-state index in [4.69, 9.17) is 19.5 Å². The van der Waals surface area contributed by atoms with Gasteiger partial charge in [-0.1, -0.05) is 0 Å². The van der Waals surface area contributed by atoms with Gasteiger partial charge in [-0.2, -0.15) is 0 Å². The molecule has 1 aliphatic heterocycles. The Morgan fingerprint density at radius 3 is 2.29 bits per heavy atom. The van der Waals surface area contributed by atoms with Gasteiger partial charge in [0.1, 0.15) is 0 Å². The van der Waals surface area contributed by atoms with Crippen molar-refractivity contribution >= 4 is 24.5 Å². The van der Waals surface area contributed by atoms with Gasteiger partial charge in [-0.25, -0.2) is 14.8 Å². The van der Waals surface area contributed by atoms with Gasteiger partial charge in [0.15, 0.2) is 5.60 Å². The second-order valence-corrected chi connectivity index (χ2v) is 4.87. The first-order valence-electron chi connectivity index (χ1n) is 6.59. The minimum absolute atomic E-state index is 0.233. The fourth-order valence-electron chi connectivity index (χ4n) is 2.37. The Hall–Kier alpha value is -1.71. The minimum Gasteiger partial charge on any atom is -0.467 e. The number of aromatic nitrogens is 2. The Morgan fingerprint density at radius 1 is 1.29 bits per heavy atom. The number of esters is 1. The van der Waals surface area contributed by atoms with Gasteiger partial charge in [-0.3, -0.25) is 0 Å². The van der Waals surface area contributed by atoms with Gasteiger partial charge in [0, 0.05) is 50.9 Å². The lowest BCUT2D eigenvalue weighted by atomic mass is 9.83. The van der Waals surface area contributed by atoms with E-state index < -0.39 is 12.7 Å². The normalized spacial score (nSPS) is 17.4. The van der Waals surface area contributed by atoms with Gasteiger partial charge >= 0.3 is 13.1 Å². The monoisotopic (exact) mass is 295 g/mol. The van der Waals surface area contributed by atoms with Crippen LogP contribution in [0.1, 0.15) is 12.8 Å². The minimum atomic E-state index is -1.58. The van der Waals surface area contributed by atoms with Crippen molar-refractivity contribution in [3.8, 4) is 0 Å². The zero-order valence-corrected chi connectivity index (χ0v) is 12.0. The quantitative estimate of drug-likeness (QED) is 0.501. The van der Waals surface area contributed by atoms with Crippen LogP contribution in [0.3, 0.4) is 0 Å². The number of hydrogen-bond donors (Lipinski definition) is 2. The van der Waals surface area contributed by atoms with Gasteiger partial charge in [0.05, 0.1) is 7.11 Å². The van der Waals surface area contributed by atoms with Gasteiger partial charge in [-0.05, 0) is 0 Å². The molecule has 0 atom stereocenters. The average molecular weight is 295 g/mol. The summed E-state index contributed by atoms with van der Waals surface area (Å²) in [6, 6.07) is 0. The summed E-state index contributed by atoms with van der Waals surface area (Å²) in [5.74, 6) is 0.110. The Labute approximate surface area is 122 Å². The highest BCUT2D eigenvalue weighted by Crippen LogP contribution is 2.28. The summed E-state index contributed by atoms with van der Waals surface area (Å²) in [6.45, 7) is 1.09. The third-order valence-corrected chi connectivity index (χ3v) is 3.76. The molecule has 1 aromatic rings. The van der Waals surface area contributed by atoms with E-state index in [2.05, 4.69) is 9.97 Å². The molecule has 0 aliphatic carbocycles. The maximum Gasteiger partial charge on any atom is 0.491 e. The number of carbonyl (C=O) groups excluding carboxylic acids is 1. The van der Waals surface area contributed by atoms with Crippen LogP contribution >= 0.6 is 0 Å². The highest BCUT2D eigenvalue weighted by molar-refractivity contribution is 6.58. The van der Waals surface area contributed by atoms with Crippen molar-refractivity contribution in [3.63, 3.8) is 0 Å². The van der Waals surface area contributed by atoms with Crippen molar-refractivity contribution in [3.05, 3.63) is 12.4 Å². The Kier molecular flexibility index (Phi) is 4.76. The van der Waals surface area contributed by atoms with E-state index in [0.29, 0.717) is 31.9 Å². The molecule has 1 aliphatic rings. The molecule has 1 saturated heterocycles. The lowest BCUT2D eigenvalue weighted by Crippen LogP contribution is -2.51. The second-order valence-electron chi connectivity index (χ2n) is 4.87. The number of hydrogen-bond acceptors (Lipinski definition) is 8. The summed E-state index contributed by atoms with van der Waals surface area (Å²) >= 11 is 0. The SMILES string of the molecule is COC(=O)C1(OC)CCN(c2ncc(B(O)O)cn2)CC1.